The fourth-order valence-electron chi connectivity index (χ4n) is 3.40. The number of nitrogens with zero attached hydrogens (tertiary/aromatic N) is 1. The van der Waals surface area contributed by atoms with E-state index in [1.54, 1.807) is 13.8 Å². The second kappa shape index (κ2) is 8.57. The first-order chi connectivity index (χ1) is 13.4. The molecule has 0 aliphatic heterocycles. The maximum absolute atomic E-state index is 12.5. The van der Waals surface area contributed by atoms with Gasteiger partial charge in [0.1, 0.15) is 11.1 Å². The Bertz CT molecular complexity index is 910. The highest BCUT2D eigenvalue weighted by atomic mass is 32.1. The van der Waals surface area contributed by atoms with Crippen LogP contribution >= 0.6 is 11.3 Å². The molecule has 0 bridgehead atoms. The molecule has 1 amide bonds. The minimum Gasteiger partial charge on any atom is -0.455 e. The van der Waals surface area contributed by atoms with Crippen molar-refractivity contribution in [2.24, 2.45) is 0 Å². The number of amides is 1. The van der Waals surface area contributed by atoms with Gasteiger partial charge < -0.3 is 10.1 Å². The number of benzene rings is 1. The lowest BCUT2D eigenvalue weighted by Crippen LogP contribution is -2.33. The Morgan fingerprint density at radius 1 is 1.18 bits per heavy atom. The minimum atomic E-state index is -0.848. The van der Waals surface area contributed by atoms with Crippen LogP contribution in [0.3, 0.4) is 0 Å². The molecule has 1 aromatic carbocycles. The molecule has 146 valence electrons. The molecule has 0 radical (unpaired) electrons. The summed E-state index contributed by atoms with van der Waals surface area (Å²) in [5.74, 6) is -0.888. The van der Waals surface area contributed by atoms with Crippen molar-refractivity contribution in [1.82, 2.24) is 0 Å². The zero-order valence-electron chi connectivity index (χ0n) is 16.2. The van der Waals surface area contributed by atoms with E-state index in [-0.39, 0.29) is 6.61 Å². The van der Waals surface area contributed by atoms with Gasteiger partial charge in [-0.1, -0.05) is 36.8 Å². The number of carbonyl (C=O) groups is 2. The maximum atomic E-state index is 12.5. The quantitative estimate of drug-likeness (QED) is 0.602. The van der Waals surface area contributed by atoms with Crippen LogP contribution in [0.1, 0.15) is 54.7 Å². The molecule has 0 saturated heterocycles. The van der Waals surface area contributed by atoms with Crippen molar-refractivity contribution < 1.29 is 14.3 Å². The molecule has 1 heterocycles. The molecule has 5 nitrogen and oxygen atoms in total. The lowest BCUT2D eigenvalue weighted by atomic mass is 9.85. The van der Waals surface area contributed by atoms with Crippen LogP contribution in [0.4, 0.5) is 5.00 Å². The van der Waals surface area contributed by atoms with Gasteiger partial charge in [-0.15, -0.1) is 11.3 Å². The lowest BCUT2D eigenvalue weighted by Gasteiger charge is -2.22. The summed E-state index contributed by atoms with van der Waals surface area (Å²) in [6.07, 6.45) is 5.17. The van der Waals surface area contributed by atoms with Gasteiger partial charge in [-0.3, -0.25) is 9.59 Å². The lowest BCUT2D eigenvalue weighted by molar-refractivity contribution is -0.152. The second-order valence-electron chi connectivity index (χ2n) is 7.50. The average Bonchev–Trinajstić information content (AvgIpc) is 2.85. The summed E-state index contributed by atoms with van der Waals surface area (Å²) in [5.41, 5.74) is 1.61. The summed E-state index contributed by atoms with van der Waals surface area (Å²) >= 11 is 1.47. The Labute approximate surface area is 169 Å². The van der Waals surface area contributed by atoms with Crippen molar-refractivity contribution in [3.63, 3.8) is 0 Å². The van der Waals surface area contributed by atoms with E-state index in [9.17, 15) is 14.9 Å². The van der Waals surface area contributed by atoms with Crippen molar-refractivity contribution in [1.29, 1.82) is 5.26 Å². The Kier molecular flexibility index (Phi) is 6.15. The molecule has 0 spiro atoms. The summed E-state index contributed by atoms with van der Waals surface area (Å²) in [6.45, 7) is 3.17. The van der Waals surface area contributed by atoms with Gasteiger partial charge in [-0.25, -0.2) is 0 Å². The van der Waals surface area contributed by atoms with E-state index in [4.69, 9.17) is 4.74 Å². The molecule has 28 heavy (non-hydrogen) atoms. The van der Waals surface area contributed by atoms with Gasteiger partial charge in [-0.2, -0.15) is 5.26 Å². The van der Waals surface area contributed by atoms with Crippen LogP contribution in [0.5, 0.6) is 0 Å². The first-order valence-electron chi connectivity index (χ1n) is 9.50. The van der Waals surface area contributed by atoms with E-state index in [1.807, 2.05) is 30.3 Å². The highest BCUT2D eigenvalue weighted by Crippen LogP contribution is 2.37. The summed E-state index contributed by atoms with van der Waals surface area (Å²) in [5, 5.41) is 12.9. The van der Waals surface area contributed by atoms with E-state index in [2.05, 4.69) is 11.4 Å². The van der Waals surface area contributed by atoms with Crippen LogP contribution in [-0.2, 0) is 32.6 Å². The highest BCUT2D eigenvalue weighted by molar-refractivity contribution is 7.16. The van der Waals surface area contributed by atoms with Crippen molar-refractivity contribution in [3.05, 3.63) is 51.9 Å². The maximum Gasteiger partial charge on any atom is 0.316 e. The third kappa shape index (κ3) is 4.26. The molecule has 2 aromatic rings. The summed E-state index contributed by atoms with van der Waals surface area (Å²) in [6, 6.07) is 11.6. The molecular weight excluding hydrogens is 372 g/mol. The summed E-state index contributed by atoms with van der Waals surface area (Å²) in [4.78, 5) is 26.0. The van der Waals surface area contributed by atoms with Gasteiger partial charge in [0, 0.05) is 4.88 Å². The van der Waals surface area contributed by atoms with Crippen molar-refractivity contribution >= 4 is 28.2 Å². The molecule has 1 aromatic heterocycles. The highest BCUT2D eigenvalue weighted by Gasteiger charge is 2.32. The Morgan fingerprint density at radius 2 is 1.89 bits per heavy atom. The first-order valence-corrected chi connectivity index (χ1v) is 10.3. The van der Waals surface area contributed by atoms with Gasteiger partial charge in [-0.05, 0) is 50.7 Å². The first kappa shape index (κ1) is 20.1. The molecule has 1 aliphatic carbocycles. The smallest absolute Gasteiger partial charge is 0.316 e. The van der Waals surface area contributed by atoms with Gasteiger partial charge in [0.25, 0.3) is 5.91 Å². The number of hydrogen-bond acceptors (Lipinski definition) is 5. The van der Waals surface area contributed by atoms with Crippen LogP contribution in [0.25, 0.3) is 0 Å². The number of nitrogens with one attached hydrogen (secondary N) is 1. The minimum absolute atomic E-state index is 0.372. The van der Waals surface area contributed by atoms with Gasteiger partial charge in [0.2, 0.25) is 0 Å². The Morgan fingerprint density at radius 3 is 2.61 bits per heavy atom. The molecule has 0 fully saturated rings. The Hall–Kier alpha value is -2.65. The molecule has 6 heteroatoms. The number of carbonyl (C=O) groups excluding carboxylic acids is 2. The molecule has 0 unspecified atom stereocenters. The van der Waals surface area contributed by atoms with Crippen molar-refractivity contribution in [3.8, 4) is 6.07 Å². The fraction of sp³-hybridized carbons (Fsp3) is 0.409. The van der Waals surface area contributed by atoms with E-state index in [0.29, 0.717) is 10.6 Å². The SMILES string of the molecule is CC(C)(C(=O)OCC(=O)Nc1sc2c(c1C#N)CCCCC2)c1ccccc1. The van der Waals surface area contributed by atoms with Crippen molar-refractivity contribution in [2.75, 3.05) is 11.9 Å². The van der Waals surface area contributed by atoms with E-state index >= 15 is 0 Å². The molecule has 3 rings (SSSR count). The largest absolute Gasteiger partial charge is 0.455 e. The monoisotopic (exact) mass is 396 g/mol. The predicted octanol–water partition coefficient (Wildman–Crippen LogP) is 4.35. The summed E-state index contributed by atoms with van der Waals surface area (Å²) < 4.78 is 5.26. The number of nitriles is 1. The molecule has 1 N–H and O–H groups in total. The molecule has 0 atom stereocenters. The second-order valence-corrected chi connectivity index (χ2v) is 8.60. The van der Waals surface area contributed by atoms with E-state index in [1.165, 1.54) is 22.6 Å². The number of fused-ring (bicyclic) bond motifs is 1. The number of hydrogen-bond donors (Lipinski definition) is 1. The van der Waals surface area contributed by atoms with Gasteiger partial charge >= 0.3 is 5.97 Å². The zero-order valence-corrected chi connectivity index (χ0v) is 17.0. The standard InChI is InChI=1S/C22H24N2O3S/c1-22(2,15-9-5-3-6-10-15)21(26)27-14-19(25)24-20-17(13-23)16-11-7-4-8-12-18(16)28-20/h3,5-6,9-10H,4,7-8,11-12,14H2,1-2H3,(H,24,25). The molecule has 1 aliphatic rings. The van der Waals surface area contributed by atoms with Crippen LogP contribution in [-0.4, -0.2) is 18.5 Å². The zero-order chi connectivity index (χ0) is 20.1. The number of ether oxygens (including phenoxy) is 1. The average molecular weight is 397 g/mol. The Balaban J connectivity index is 1.64. The number of anilines is 1. The third-order valence-electron chi connectivity index (χ3n) is 5.13. The number of thiophene rings is 1. The predicted molar refractivity (Wildman–Crippen MR) is 109 cm³/mol. The fourth-order valence-corrected chi connectivity index (χ4v) is 4.65. The van der Waals surface area contributed by atoms with Gasteiger partial charge in [0.15, 0.2) is 6.61 Å². The number of aryl methyl sites for hydroxylation is 1. The van der Waals surface area contributed by atoms with Crippen molar-refractivity contribution in [2.45, 2.75) is 51.4 Å². The molecule has 0 saturated carbocycles. The van der Waals surface area contributed by atoms with E-state index in [0.717, 1.165) is 36.8 Å². The summed E-state index contributed by atoms with van der Waals surface area (Å²) in [7, 11) is 0. The van der Waals surface area contributed by atoms with Crippen LogP contribution < -0.4 is 5.32 Å². The van der Waals surface area contributed by atoms with Crippen LogP contribution in [0.15, 0.2) is 30.3 Å². The number of esters is 1. The van der Waals surface area contributed by atoms with E-state index < -0.39 is 17.3 Å². The number of rotatable bonds is 5. The molecular formula is C22H24N2O3S. The van der Waals surface area contributed by atoms with Gasteiger partial charge in [0.05, 0.1) is 11.0 Å². The third-order valence-corrected chi connectivity index (χ3v) is 6.33. The topological polar surface area (TPSA) is 79.2 Å². The normalized spacial score (nSPS) is 13.8. The van der Waals surface area contributed by atoms with Crippen LogP contribution in [0, 0.1) is 11.3 Å². The van der Waals surface area contributed by atoms with Crippen LogP contribution in [0.2, 0.25) is 0 Å².